The van der Waals surface area contributed by atoms with Crippen molar-refractivity contribution in [1.82, 2.24) is 4.57 Å². The molecule has 0 radical (unpaired) electrons. The molecule has 6 heteroatoms. The summed E-state index contributed by atoms with van der Waals surface area (Å²) in [4.78, 5) is 23.1. The lowest BCUT2D eigenvalue weighted by molar-refractivity contribution is 0.100. The zero-order valence-electron chi connectivity index (χ0n) is 10.6. The smallest absolute Gasteiger partial charge is 0.276 e. The summed E-state index contributed by atoms with van der Waals surface area (Å²) in [7, 11) is 0. The summed E-state index contributed by atoms with van der Waals surface area (Å²) in [5, 5.41) is 18.9. The van der Waals surface area contributed by atoms with Crippen molar-refractivity contribution in [1.29, 1.82) is 5.26 Å². The fraction of sp³-hybridized carbons (Fsp3) is 0.0714. The van der Waals surface area contributed by atoms with Gasteiger partial charge < -0.3 is 10.8 Å². The van der Waals surface area contributed by atoms with Gasteiger partial charge in [-0.1, -0.05) is 0 Å². The van der Waals surface area contributed by atoms with E-state index >= 15 is 0 Å². The van der Waals surface area contributed by atoms with E-state index in [1.165, 1.54) is 30.3 Å². The second-order valence-electron chi connectivity index (χ2n) is 4.22. The van der Waals surface area contributed by atoms with Crippen molar-refractivity contribution < 1.29 is 9.90 Å². The van der Waals surface area contributed by atoms with E-state index in [9.17, 15) is 14.7 Å². The molecule has 0 bridgehead atoms. The quantitative estimate of drug-likeness (QED) is 0.841. The summed E-state index contributed by atoms with van der Waals surface area (Å²) < 4.78 is 0.996. The zero-order chi connectivity index (χ0) is 14.9. The topological polar surface area (TPSA) is 109 Å². The van der Waals surface area contributed by atoms with Crippen molar-refractivity contribution in [2.75, 3.05) is 0 Å². The highest BCUT2D eigenvalue weighted by Gasteiger charge is 2.13. The molecule has 3 N–H and O–H groups in total. The molecule has 2 rings (SSSR count). The third-order valence-corrected chi connectivity index (χ3v) is 2.91. The number of benzene rings is 1. The number of primary amides is 1. The lowest BCUT2D eigenvalue weighted by Crippen LogP contribution is -2.22. The number of hydrogen-bond donors (Lipinski definition) is 2. The van der Waals surface area contributed by atoms with Gasteiger partial charge in [0.05, 0.1) is 5.69 Å². The Morgan fingerprint density at radius 1 is 1.35 bits per heavy atom. The monoisotopic (exact) mass is 269 g/mol. The summed E-state index contributed by atoms with van der Waals surface area (Å²) in [5.74, 6) is -0.868. The number of carbonyl (C=O) groups is 1. The van der Waals surface area contributed by atoms with Gasteiger partial charge in [-0.25, -0.2) is 4.57 Å². The van der Waals surface area contributed by atoms with Crippen LogP contribution in [0, 0.1) is 18.3 Å². The Morgan fingerprint density at radius 3 is 2.45 bits per heavy atom. The average Bonchev–Trinajstić information content (AvgIpc) is 2.39. The van der Waals surface area contributed by atoms with Crippen LogP contribution in [0.2, 0.25) is 0 Å². The van der Waals surface area contributed by atoms with Crippen LogP contribution in [0.5, 0.6) is 5.88 Å². The fourth-order valence-electron chi connectivity index (χ4n) is 1.88. The maximum Gasteiger partial charge on any atom is 0.276 e. The van der Waals surface area contributed by atoms with Gasteiger partial charge in [-0.05, 0) is 36.8 Å². The van der Waals surface area contributed by atoms with Crippen LogP contribution in [0.4, 0.5) is 0 Å². The van der Waals surface area contributed by atoms with Crippen molar-refractivity contribution >= 4 is 5.91 Å². The van der Waals surface area contributed by atoms with Gasteiger partial charge in [-0.2, -0.15) is 5.26 Å². The summed E-state index contributed by atoms with van der Waals surface area (Å²) in [6.07, 6.45) is 0. The first-order valence-corrected chi connectivity index (χ1v) is 5.71. The molecule has 1 amide bonds. The average molecular weight is 269 g/mol. The minimum absolute atomic E-state index is 0.0400. The third-order valence-electron chi connectivity index (χ3n) is 2.91. The third kappa shape index (κ3) is 2.12. The Morgan fingerprint density at radius 2 is 1.95 bits per heavy atom. The highest BCUT2D eigenvalue weighted by atomic mass is 16.3. The normalized spacial score (nSPS) is 10.0. The van der Waals surface area contributed by atoms with Crippen molar-refractivity contribution in [3.63, 3.8) is 0 Å². The molecule has 0 aliphatic heterocycles. The maximum absolute atomic E-state index is 12.1. The standard InChI is InChI=1S/C14H11N3O3/c1-8-6-12(18)17(14(20)11(8)7-15)10-4-2-9(3-5-10)13(16)19/h2-6,18H,1H3,(H2,16,19). The molecule has 0 fully saturated rings. The van der Waals surface area contributed by atoms with Gasteiger partial charge in [-0.3, -0.25) is 9.59 Å². The molecule has 0 atom stereocenters. The molecule has 6 nitrogen and oxygen atoms in total. The second kappa shape index (κ2) is 4.90. The van der Waals surface area contributed by atoms with E-state index in [4.69, 9.17) is 11.0 Å². The summed E-state index contributed by atoms with van der Waals surface area (Å²) >= 11 is 0. The Balaban J connectivity index is 2.67. The number of nitriles is 1. The summed E-state index contributed by atoms with van der Waals surface area (Å²) in [6.45, 7) is 1.57. The Hall–Kier alpha value is -3.07. The molecule has 0 unspecified atom stereocenters. The van der Waals surface area contributed by atoms with Gasteiger partial charge in [-0.15, -0.1) is 0 Å². The molecular weight excluding hydrogens is 258 g/mol. The van der Waals surface area contributed by atoms with E-state index in [-0.39, 0.29) is 17.0 Å². The van der Waals surface area contributed by atoms with Gasteiger partial charge in [0, 0.05) is 11.6 Å². The van der Waals surface area contributed by atoms with E-state index in [1.807, 2.05) is 6.07 Å². The molecule has 1 aromatic heterocycles. The lowest BCUT2D eigenvalue weighted by atomic mass is 10.1. The van der Waals surface area contributed by atoms with Crippen LogP contribution in [0.25, 0.3) is 5.69 Å². The molecule has 0 spiro atoms. The molecular formula is C14H11N3O3. The molecule has 0 saturated heterocycles. The Labute approximate surface area is 114 Å². The highest BCUT2D eigenvalue weighted by molar-refractivity contribution is 5.92. The van der Waals surface area contributed by atoms with Crippen LogP contribution in [0.3, 0.4) is 0 Å². The number of aromatic hydroxyl groups is 1. The predicted molar refractivity (Wildman–Crippen MR) is 71.7 cm³/mol. The molecule has 2 aromatic rings. The number of rotatable bonds is 2. The number of aromatic nitrogens is 1. The number of aryl methyl sites for hydroxylation is 1. The molecule has 20 heavy (non-hydrogen) atoms. The van der Waals surface area contributed by atoms with Crippen LogP contribution >= 0.6 is 0 Å². The van der Waals surface area contributed by atoms with Crippen LogP contribution in [0.15, 0.2) is 35.1 Å². The van der Waals surface area contributed by atoms with Crippen molar-refractivity contribution in [2.45, 2.75) is 6.92 Å². The van der Waals surface area contributed by atoms with Crippen molar-refractivity contribution in [3.05, 3.63) is 57.4 Å². The molecule has 0 aliphatic rings. The van der Waals surface area contributed by atoms with E-state index in [0.29, 0.717) is 11.3 Å². The number of hydrogen-bond acceptors (Lipinski definition) is 4. The van der Waals surface area contributed by atoms with Crippen molar-refractivity contribution in [3.8, 4) is 17.6 Å². The molecule has 100 valence electrons. The van der Waals surface area contributed by atoms with Gasteiger partial charge in [0.15, 0.2) is 5.88 Å². The first-order chi connectivity index (χ1) is 9.45. The van der Waals surface area contributed by atoms with Crippen molar-refractivity contribution in [2.24, 2.45) is 5.73 Å². The Kier molecular flexibility index (Phi) is 3.27. The fourth-order valence-corrected chi connectivity index (χ4v) is 1.88. The lowest BCUT2D eigenvalue weighted by Gasteiger charge is -2.10. The zero-order valence-corrected chi connectivity index (χ0v) is 10.6. The maximum atomic E-state index is 12.1. The number of nitrogens with zero attached hydrogens (tertiary/aromatic N) is 2. The van der Waals surface area contributed by atoms with E-state index in [0.717, 1.165) is 4.57 Å². The van der Waals surface area contributed by atoms with Gasteiger partial charge >= 0.3 is 0 Å². The summed E-state index contributed by atoms with van der Waals surface area (Å²) in [5.41, 5.74) is 5.50. The second-order valence-corrected chi connectivity index (χ2v) is 4.22. The van der Waals surface area contributed by atoms with Crippen LogP contribution < -0.4 is 11.3 Å². The van der Waals surface area contributed by atoms with E-state index in [1.54, 1.807) is 6.92 Å². The minimum Gasteiger partial charge on any atom is -0.494 e. The number of amides is 1. The number of carbonyl (C=O) groups excluding carboxylic acids is 1. The molecule has 1 aromatic carbocycles. The number of nitrogens with two attached hydrogens (primary N) is 1. The summed E-state index contributed by atoms with van der Waals surface area (Å²) in [6, 6.07) is 8.97. The largest absolute Gasteiger partial charge is 0.494 e. The van der Waals surface area contributed by atoms with Crippen LogP contribution in [0.1, 0.15) is 21.5 Å². The van der Waals surface area contributed by atoms with Gasteiger partial charge in [0.25, 0.3) is 5.56 Å². The molecule has 0 saturated carbocycles. The SMILES string of the molecule is Cc1cc(O)n(-c2ccc(C(N)=O)cc2)c(=O)c1C#N. The van der Waals surface area contributed by atoms with Crippen LogP contribution in [-0.4, -0.2) is 15.6 Å². The highest BCUT2D eigenvalue weighted by Crippen LogP contribution is 2.17. The van der Waals surface area contributed by atoms with E-state index < -0.39 is 11.5 Å². The molecule has 0 aliphatic carbocycles. The number of pyridine rings is 1. The Bertz CT molecular complexity index is 783. The van der Waals surface area contributed by atoms with E-state index in [2.05, 4.69) is 0 Å². The predicted octanol–water partition coefficient (Wildman–Crippen LogP) is 0.822. The minimum atomic E-state index is -0.614. The van der Waals surface area contributed by atoms with Crippen LogP contribution in [-0.2, 0) is 0 Å². The molecule has 1 heterocycles. The van der Waals surface area contributed by atoms with Gasteiger partial charge in [0.2, 0.25) is 5.91 Å². The first-order valence-electron chi connectivity index (χ1n) is 5.71. The van der Waals surface area contributed by atoms with Gasteiger partial charge in [0.1, 0.15) is 11.6 Å². The first kappa shape index (κ1) is 13.4.